The molecule has 0 radical (unpaired) electrons. The van der Waals surface area contributed by atoms with Crippen molar-refractivity contribution in [3.63, 3.8) is 0 Å². The van der Waals surface area contributed by atoms with Gasteiger partial charge in [-0.2, -0.15) is 5.10 Å². The van der Waals surface area contributed by atoms with Gasteiger partial charge in [-0.25, -0.2) is 4.79 Å². The molecule has 1 spiro atoms. The summed E-state index contributed by atoms with van der Waals surface area (Å²) >= 11 is 0. The monoisotopic (exact) mass is 474 g/mol. The lowest BCUT2D eigenvalue weighted by Gasteiger charge is -2.35. The van der Waals surface area contributed by atoms with Gasteiger partial charge in [0.25, 0.3) is 0 Å². The summed E-state index contributed by atoms with van der Waals surface area (Å²) in [6, 6.07) is 7.40. The molecule has 3 fully saturated rings. The Kier molecular flexibility index (Phi) is 7.47. The van der Waals surface area contributed by atoms with E-state index in [4.69, 9.17) is 9.47 Å². The Labute approximate surface area is 200 Å². The highest BCUT2D eigenvalue weighted by molar-refractivity contribution is 5.89. The standard InChI is InChI=1S/C23H30N6O3.ClH/c30-22-29(20-7-4-14-25-27-20)16-23(32-22)12-10-17(11-13-23)15-24-19-8-9-21(28-26-19)31-18-5-2-1-3-6-18;/h4,7-9,14,17-18H,1-3,5-6,10-13,15-16H2,(H,24,26);1H/t17-,23-;. The zero-order chi connectivity index (χ0) is 21.8. The summed E-state index contributed by atoms with van der Waals surface area (Å²) in [5, 5.41) is 19.8. The maximum Gasteiger partial charge on any atom is 0.416 e. The Morgan fingerprint density at radius 1 is 1.06 bits per heavy atom. The van der Waals surface area contributed by atoms with Crippen LogP contribution < -0.4 is 15.0 Å². The molecule has 1 aliphatic heterocycles. The fraction of sp³-hybridized carbons (Fsp3) is 0.609. The molecule has 0 unspecified atom stereocenters. The van der Waals surface area contributed by atoms with Crippen LogP contribution in [0.25, 0.3) is 0 Å². The molecule has 2 aromatic heterocycles. The molecule has 2 aromatic rings. The zero-order valence-corrected chi connectivity index (χ0v) is 19.5. The molecule has 0 atom stereocenters. The average Bonchev–Trinajstić information content (AvgIpc) is 3.16. The smallest absolute Gasteiger partial charge is 0.416 e. The molecular weight excluding hydrogens is 444 g/mol. The summed E-state index contributed by atoms with van der Waals surface area (Å²) in [6.07, 6.45) is 11.2. The normalized spacial score (nSPS) is 25.4. The van der Waals surface area contributed by atoms with Crippen molar-refractivity contribution in [3.8, 4) is 5.88 Å². The number of carbonyl (C=O) groups is 1. The van der Waals surface area contributed by atoms with E-state index >= 15 is 0 Å². The second kappa shape index (κ2) is 10.5. The molecule has 3 aliphatic rings. The number of aromatic nitrogens is 4. The van der Waals surface area contributed by atoms with Crippen molar-refractivity contribution in [2.45, 2.75) is 69.5 Å². The molecule has 0 aromatic carbocycles. The number of carbonyl (C=O) groups excluding carboxylic acids is 1. The van der Waals surface area contributed by atoms with Crippen molar-refractivity contribution in [2.24, 2.45) is 5.92 Å². The third-order valence-corrected chi connectivity index (χ3v) is 6.87. The summed E-state index contributed by atoms with van der Waals surface area (Å²) in [5.74, 6) is 2.43. The van der Waals surface area contributed by atoms with Crippen LogP contribution in [0.15, 0.2) is 30.5 Å². The Morgan fingerprint density at radius 3 is 2.58 bits per heavy atom. The Balaban J connectivity index is 0.00000259. The van der Waals surface area contributed by atoms with E-state index < -0.39 is 5.60 Å². The lowest BCUT2D eigenvalue weighted by atomic mass is 9.78. The quantitative estimate of drug-likeness (QED) is 0.657. The predicted molar refractivity (Wildman–Crippen MR) is 126 cm³/mol. The second-order valence-corrected chi connectivity index (χ2v) is 9.18. The molecule has 10 heteroatoms. The zero-order valence-electron chi connectivity index (χ0n) is 18.7. The molecule has 2 aliphatic carbocycles. The van der Waals surface area contributed by atoms with Gasteiger partial charge in [-0.05, 0) is 75.5 Å². The molecule has 0 bridgehead atoms. The molecule has 3 heterocycles. The number of ether oxygens (including phenoxy) is 2. The molecular formula is C23H31ClN6O3. The first kappa shape index (κ1) is 23.5. The first-order valence-electron chi connectivity index (χ1n) is 11.7. The number of halogens is 1. The van der Waals surface area contributed by atoms with Crippen LogP contribution in [0, 0.1) is 5.92 Å². The number of rotatable bonds is 6. The van der Waals surface area contributed by atoms with E-state index in [0.29, 0.717) is 24.2 Å². The number of nitrogens with zero attached hydrogens (tertiary/aromatic N) is 5. The summed E-state index contributed by atoms with van der Waals surface area (Å²) in [6.45, 7) is 1.37. The van der Waals surface area contributed by atoms with Gasteiger partial charge in [0.05, 0.1) is 6.54 Å². The molecule has 1 saturated heterocycles. The predicted octanol–water partition coefficient (Wildman–Crippen LogP) is 4.40. The summed E-state index contributed by atoms with van der Waals surface area (Å²) in [5.41, 5.74) is -0.414. The number of amides is 1. The Morgan fingerprint density at radius 2 is 1.88 bits per heavy atom. The van der Waals surface area contributed by atoms with Gasteiger partial charge in [-0.15, -0.1) is 27.7 Å². The van der Waals surface area contributed by atoms with Crippen molar-refractivity contribution in [3.05, 3.63) is 30.5 Å². The number of nitrogens with one attached hydrogen (secondary N) is 1. The van der Waals surface area contributed by atoms with Gasteiger partial charge < -0.3 is 14.8 Å². The van der Waals surface area contributed by atoms with Gasteiger partial charge in [0.15, 0.2) is 5.82 Å². The first-order chi connectivity index (χ1) is 15.7. The van der Waals surface area contributed by atoms with Crippen LogP contribution in [0.4, 0.5) is 16.4 Å². The Hall–Kier alpha value is -2.68. The molecule has 1 N–H and O–H groups in total. The number of hydrogen-bond donors (Lipinski definition) is 1. The lowest BCUT2D eigenvalue weighted by molar-refractivity contribution is 0.0148. The highest BCUT2D eigenvalue weighted by Crippen LogP contribution is 2.40. The SMILES string of the molecule is Cl.O=C1O[C@]2(CC[C@H](CNc3ccc(OC4CCCCC4)nn3)CC2)CN1c1cccnn1. The van der Waals surface area contributed by atoms with Gasteiger partial charge in [0, 0.05) is 18.8 Å². The van der Waals surface area contributed by atoms with E-state index in [-0.39, 0.29) is 24.6 Å². The fourth-order valence-corrected chi connectivity index (χ4v) is 4.98. The number of hydrogen-bond acceptors (Lipinski definition) is 8. The van der Waals surface area contributed by atoms with Gasteiger partial charge in [-0.1, -0.05) is 6.42 Å². The third kappa shape index (κ3) is 5.63. The van der Waals surface area contributed by atoms with E-state index in [1.54, 1.807) is 23.2 Å². The molecule has 33 heavy (non-hydrogen) atoms. The van der Waals surface area contributed by atoms with Crippen LogP contribution in [0.5, 0.6) is 5.88 Å². The van der Waals surface area contributed by atoms with Gasteiger partial charge in [0.2, 0.25) is 5.88 Å². The topological polar surface area (TPSA) is 102 Å². The van der Waals surface area contributed by atoms with Crippen molar-refractivity contribution in [1.82, 2.24) is 20.4 Å². The molecule has 2 saturated carbocycles. The van der Waals surface area contributed by atoms with Gasteiger partial charge in [-0.3, -0.25) is 4.90 Å². The van der Waals surface area contributed by atoms with Crippen molar-refractivity contribution < 1.29 is 14.3 Å². The van der Waals surface area contributed by atoms with Crippen LogP contribution in [-0.2, 0) is 4.74 Å². The summed E-state index contributed by atoms with van der Waals surface area (Å²) in [7, 11) is 0. The van der Waals surface area contributed by atoms with Crippen molar-refractivity contribution in [1.29, 1.82) is 0 Å². The summed E-state index contributed by atoms with van der Waals surface area (Å²) < 4.78 is 11.8. The Bertz CT molecular complexity index is 902. The molecule has 5 rings (SSSR count). The highest BCUT2D eigenvalue weighted by atomic mass is 35.5. The largest absolute Gasteiger partial charge is 0.473 e. The van der Waals surface area contributed by atoms with Crippen LogP contribution in [0.3, 0.4) is 0 Å². The minimum Gasteiger partial charge on any atom is -0.473 e. The third-order valence-electron chi connectivity index (χ3n) is 6.87. The highest BCUT2D eigenvalue weighted by Gasteiger charge is 2.48. The average molecular weight is 475 g/mol. The van der Waals surface area contributed by atoms with E-state index in [2.05, 4.69) is 25.7 Å². The molecule has 178 valence electrons. The molecule has 9 nitrogen and oxygen atoms in total. The van der Waals surface area contributed by atoms with Crippen LogP contribution >= 0.6 is 12.4 Å². The maximum atomic E-state index is 12.4. The van der Waals surface area contributed by atoms with Crippen molar-refractivity contribution >= 4 is 30.1 Å². The number of anilines is 2. The molecule has 1 amide bonds. The summed E-state index contributed by atoms with van der Waals surface area (Å²) in [4.78, 5) is 14.0. The van der Waals surface area contributed by atoms with Crippen molar-refractivity contribution in [2.75, 3.05) is 23.3 Å². The maximum absolute atomic E-state index is 12.4. The minimum absolute atomic E-state index is 0. The van der Waals surface area contributed by atoms with Crippen LogP contribution in [-0.4, -0.2) is 51.3 Å². The van der Waals surface area contributed by atoms with Crippen LogP contribution in [0.1, 0.15) is 57.8 Å². The lowest BCUT2D eigenvalue weighted by Crippen LogP contribution is -2.39. The van der Waals surface area contributed by atoms with E-state index in [9.17, 15) is 4.79 Å². The second-order valence-electron chi connectivity index (χ2n) is 9.18. The minimum atomic E-state index is -0.414. The van der Waals surface area contributed by atoms with E-state index in [1.165, 1.54) is 19.3 Å². The fourth-order valence-electron chi connectivity index (χ4n) is 4.98. The van der Waals surface area contributed by atoms with Gasteiger partial charge >= 0.3 is 6.09 Å². The van der Waals surface area contributed by atoms with Gasteiger partial charge in [0.1, 0.15) is 17.5 Å². The van der Waals surface area contributed by atoms with E-state index in [0.717, 1.165) is 50.9 Å². The first-order valence-corrected chi connectivity index (χ1v) is 11.7. The van der Waals surface area contributed by atoms with Crippen LogP contribution in [0.2, 0.25) is 0 Å². The van der Waals surface area contributed by atoms with E-state index in [1.807, 2.05) is 12.1 Å².